The highest BCUT2D eigenvalue weighted by Crippen LogP contribution is 2.38. The number of hydrogen-bond acceptors (Lipinski definition) is 7. The topological polar surface area (TPSA) is 83.2 Å². The number of rotatable bonds is 3. The molecule has 0 unspecified atom stereocenters. The second-order valence-corrected chi connectivity index (χ2v) is 7.63. The Morgan fingerprint density at radius 3 is 2.84 bits per heavy atom. The molecule has 0 radical (unpaired) electrons. The molecule has 3 aromatic rings. The molecule has 0 saturated carbocycles. The number of hydrogen-bond donors (Lipinski definition) is 1. The molecule has 1 saturated heterocycles. The molecule has 0 aromatic carbocycles. The fourth-order valence-electron chi connectivity index (χ4n) is 3.01. The van der Waals surface area contributed by atoms with E-state index in [1.807, 2.05) is 11.4 Å². The van der Waals surface area contributed by atoms with Gasteiger partial charge in [0.05, 0.1) is 33.2 Å². The summed E-state index contributed by atoms with van der Waals surface area (Å²) in [7, 11) is 1.56. The summed E-state index contributed by atoms with van der Waals surface area (Å²) in [5.41, 5.74) is 9.21. The van der Waals surface area contributed by atoms with Crippen molar-refractivity contribution in [3.8, 4) is 17.1 Å². The summed E-state index contributed by atoms with van der Waals surface area (Å²) >= 11 is 5.21. The number of methoxy groups -OCH3 is 1. The Hall–Kier alpha value is -1.77. The number of nitrogens with zero attached hydrogens (tertiary/aromatic N) is 3. The zero-order valence-corrected chi connectivity index (χ0v) is 16.1. The minimum atomic E-state index is 0.312. The van der Waals surface area contributed by atoms with Crippen molar-refractivity contribution in [3.05, 3.63) is 27.9 Å². The van der Waals surface area contributed by atoms with E-state index in [2.05, 4.69) is 20.9 Å². The quantitative estimate of drug-likeness (QED) is 0.689. The Bertz CT molecular complexity index is 924. The number of thiophene rings is 1. The van der Waals surface area contributed by atoms with Gasteiger partial charge in [-0.3, -0.25) is 0 Å². The zero-order valence-electron chi connectivity index (χ0n) is 13.7. The van der Waals surface area contributed by atoms with Crippen molar-refractivity contribution < 1.29 is 9.47 Å². The van der Waals surface area contributed by atoms with E-state index in [9.17, 15) is 0 Å². The second kappa shape index (κ2) is 6.86. The Morgan fingerprint density at radius 1 is 1.32 bits per heavy atom. The number of ether oxygens (including phenoxy) is 2. The van der Waals surface area contributed by atoms with Crippen LogP contribution in [0.1, 0.15) is 24.6 Å². The van der Waals surface area contributed by atoms with Crippen LogP contribution in [0, 0.1) is 0 Å². The normalized spacial score (nSPS) is 15.6. The van der Waals surface area contributed by atoms with Crippen molar-refractivity contribution >= 4 is 43.2 Å². The van der Waals surface area contributed by atoms with Gasteiger partial charge >= 0.3 is 0 Å². The molecule has 2 N–H and O–H groups in total. The fraction of sp³-hybridized carbons (Fsp3) is 0.353. The highest BCUT2D eigenvalue weighted by Gasteiger charge is 2.22. The number of nitrogen functional groups attached to an aromatic ring is 1. The van der Waals surface area contributed by atoms with Crippen LogP contribution >= 0.6 is 27.3 Å². The lowest BCUT2D eigenvalue weighted by Crippen LogP contribution is -2.16. The third-order valence-electron chi connectivity index (χ3n) is 4.32. The molecule has 0 atom stereocenters. The number of nitrogens with two attached hydrogens (primary N) is 1. The summed E-state index contributed by atoms with van der Waals surface area (Å²) < 4.78 is 12.6. The summed E-state index contributed by atoms with van der Waals surface area (Å²) in [5.74, 6) is 1.60. The van der Waals surface area contributed by atoms with Gasteiger partial charge in [-0.1, -0.05) is 0 Å². The van der Waals surface area contributed by atoms with E-state index >= 15 is 0 Å². The SMILES string of the molecule is COc1ncc(-c2nc(C3CCOCC3)nc3c(Br)csc23)cc1N. The molecule has 0 aliphatic carbocycles. The molecular formula is C17H17BrN4O2S. The number of halogens is 1. The number of anilines is 1. The zero-order chi connectivity index (χ0) is 17.4. The van der Waals surface area contributed by atoms with Crippen LogP contribution in [0.15, 0.2) is 22.1 Å². The van der Waals surface area contributed by atoms with E-state index in [1.165, 1.54) is 0 Å². The maximum Gasteiger partial charge on any atom is 0.236 e. The van der Waals surface area contributed by atoms with Gasteiger partial charge in [0, 0.05) is 36.3 Å². The first kappa shape index (κ1) is 16.7. The van der Waals surface area contributed by atoms with Crippen LogP contribution in [0.5, 0.6) is 5.88 Å². The maximum atomic E-state index is 6.05. The lowest BCUT2D eigenvalue weighted by atomic mass is 9.99. The molecule has 4 heterocycles. The van der Waals surface area contributed by atoms with Gasteiger partial charge in [-0.2, -0.15) is 0 Å². The van der Waals surface area contributed by atoms with Crippen LogP contribution < -0.4 is 10.5 Å². The largest absolute Gasteiger partial charge is 0.480 e. The average Bonchev–Trinajstić information content (AvgIpc) is 3.03. The van der Waals surface area contributed by atoms with Gasteiger partial charge in [0.2, 0.25) is 5.88 Å². The molecule has 1 aliphatic rings. The predicted molar refractivity (Wildman–Crippen MR) is 102 cm³/mol. The Morgan fingerprint density at radius 2 is 2.12 bits per heavy atom. The van der Waals surface area contributed by atoms with Crippen molar-refractivity contribution in [1.29, 1.82) is 0 Å². The van der Waals surface area contributed by atoms with Crippen molar-refractivity contribution in [2.45, 2.75) is 18.8 Å². The first-order valence-corrected chi connectivity index (χ1v) is 9.67. The van der Waals surface area contributed by atoms with E-state index in [4.69, 9.17) is 25.2 Å². The van der Waals surface area contributed by atoms with Crippen molar-refractivity contribution in [2.24, 2.45) is 0 Å². The van der Waals surface area contributed by atoms with Crippen LogP contribution in [0.25, 0.3) is 21.5 Å². The molecule has 8 heteroatoms. The van der Waals surface area contributed by atoms with E-state index < -0.39 is 0 Å². The van der Waals surface area contributed by atoms with Crippen LogP contribution in [-0.4, -0.2) is 35.3 Å². The molecule has 130 valence electrons. The average molecular weight is 421 g/mol. The Labute approximate surface area is 157 Å². The molecule has 0 bridgehead atoms. The molecular weight excluding hydrogens is 404 g/mol. The van der Waals surface area contributed by atoms with Crippen LogP contribution in [0.4, 0.5) is 5.69 Å². The highest BCUT2D eigenvalue weighted by molar-refractivity contribution is 9.10. The highest BCUT2D eigenvalue weighted by atomic mass is 79.9. The van der Waals surface area contributed by atoms with Crippen molar-refractivity contribution in [1.82, 2.24) is 15.0 Å². The predicted octanol–water partition coefficient (Wildman–Crippen LogP) is 4.00. The first-order valence-electron chi connectivity index (χ1n) is 7.99. The number of aromatic nitrogens is 3. The summed E-state index contributed by atoms with van der Waals surface area (Å²) in [6.45, 7) is 1.51. The van der Waals surface area contributed by atoms with Gasteiger partial charge in [0.15, 0.2) is 0 Å². The van der Waals surface area contributed by atoms with E-state index in [0.29, 0.717) is 17.5 Å². The standard InChI is InChI=1S/C17H17BrN4O2S/c1-23-17-12(19)6-10(7-20-17)13-15-14(11(18)8-25-15)22-16(21-13)9-2-4-24-5-3-9/h6-9H,2-5,19H2,1H3. The van der Waals surface area contributed by atoms with Gasteiger partial charge in [-0.25, -0.2) is 15.0 Å². The molecule has 25 heavy (non-hydrogen) atoms. The van der Waals surface area contributed by atoms with E-state index in [1.54, 1.807) is 24.6 Å². The summed E-state index contributed by atoms with van der Waals surface area (Å²) in [4.78, 5) is 14.0. The second-order valence-electron chi connectivity index (χ2n) is 5.90. The lowest BCUT2D eigenvalue weighted by Gasteiger charge is -2.21. The van der Waals surface area contributed by atoms with Gasteiger partial charge in [-0.15, -0.1) is 11.3 Å². The lowest BCUT2D eigenvalue weighted by molar-refractivity contribution is 0.0837. The third-order valence-corrected chi connectivity index (χ3v) is 6.20. The summed E-state index contributed by atoms with van der Waals surface area (Å²) in [6.07, 6.45) is 3.63. The third kappa shape index (κ3) is 3.09. The molecule has 3 aromatic heterocycles. The van der Waals surface area contributed by atoms with Gasteiger partial charge in [0.25, 0.3) is 0 Å². The van der Waals surface area contributed by atoms with Gasteiger partial charge < -0.3 is 15.2 Å². The number of fused-ring (bicyclic) bond motifs is 1. The van der Waals surface area contributed by atoms with Crippen LogP contribution in [0.3, 0.4) is 0 Å². The van der Waals surface area contributed by atoms with Crippen molar-refractivity contribution in [3.63, 3.8) is 0 Å². The van der Waals surface area contributed by atoms with Gasteiger partial charge in [-0.05, 0) is 34.8 Å². The Balaban J connectivity index is 1.88. The Kier molecular flexibility index (Phi) is 4.58. The monoisotopic (exact) mass is 420 g/mol. The molecule has 0 amide bonds. The fourth-order valence-corrected chi connectivity index (χ4v) is 4.58. The van der Waals surface area contributed by atoms with Crippen LogP contribution in [0.2, 0.25) is 0 Å². The molecule has 6 nitrogen and oxygen atoms in total. The molecule has 1 fully saturated rings. The van der Waals surface area contributed by atoms with E-state index in [0.717, 1.165) is 57.8 Å². The molecule has 1 aliphatic heterocycles. The van der Waals surface area contributed by atoms with Crippen LogP contribution in [-0.2, 0) is 4.74 Å². The minimum Gasteiger partial charge on any atom is -0.480 e. The van der Waals surface area contributed by atoms with Crippen molar-refractivity contribution in [2.75, 3.05) is 26.1 Å². The minimum absolute atomic E-state index is 0.312. The summed E-state index contributed by atoms with van der Waals surface area (Å²) in [5, 5.41) is 2.04. The first-order chi connectivity index (χ1) is 12.2. The summed E-state index contributed by atoms with van der Waals surface area (Å²) in [6, 6.07) is 1.86. The van der Waals surface area contributed by atoms with Gasteiger partial charge in [0.1, 0.15) is 5.82 Å². The number of pyridine rings is 1. The molecule has 0 spiro atoms. The maximum absolute atomic E-state index is 6.05. The molecule has 4 rings (SSSR count). The smallest absolute Gasteiger partial charge is 0.236 e. The van der Waals surface area contributed by atoms with E-state index in [-0.39, 0.29) is 0 Å².